The summed E-state index contributed by atoms with van der Waals surface area (Å²) in [7, 11) is 0. The van der Waals surface area contributed by atoms with Gasteiger partial charge in [0.1, 0.15) is 0 Å². The van der Waals surface area contributed by atoms with Crippen LogP contribution in [0.3, 0.4) is 0 Å². The molecule has 0 spiro atoms. The highest BCUT2D eigenvalue weighted by Gasteiger charge is 2.34. The van der Waals surface area contributed by atoms with Crippen LogP contribution >= 0.6 is 35.6 Å². The summed E-state index contributed by atoms with van der Waals surface area (Å²) in [4.78, 5) is 24.0. The van der Waals surface area contributed by atoms with E-state index < -0.39 is 0 Å². The smallest absolute Gasteiger partial charge is 0.243 e. The van der Waals surface area contributed by atoms with Crippen LogP contribution < -0.4 is 16.0 Å². The van der Waals surface area contributed by atoms with E-state index >= 15 is 0 Å². The molecular weight excluding hydrogens is 385 g/mol. The number of rotatable bonds is 5. The lowest BCUT2D eigenvalue weighted by atomic mass is 9.89. The lowest BCUT2D eigenvalue weighted by Crippen LogP contribution is -2.40. The molecule has 0 saturated carbocycles. The Hall–Kier alpha value is -1.01. The molecule has 2 saturated heterocycles. The van der Waals surface area contributed by atoms with Crippen LogP contribution in [0.2, 0.25) is 10.0 Å². The van der Waals surface area contributed by atoms with E-state index in [4.69, 9.17) is 23.2 Å². The summed E-state index contributed by atoms with van der Waals surface area (Å²) in [6, 6.07) is 5.97. The zero-order valence-electron chi connectivity index (χ0n) is 13.7. The molecule has 3 rings (SSSR count). The molecule has 0 radical (unpaired) electrons. The number of hydrogen-bond donors (Lipinski definition) is 3. The number of hydrogen-bond acceptors (Lipinski definition) is 3. The fourth-order valence-electron chi connectivity index (χ4n) is 3.64. The number of benzene rings is 1. The lowest BCUT2D eigenvalue weighted by Gasteiger charge is -2.28. The lowest BCUT2D eigenvalue weighted by molar-refractivity contribution is -0.125. The Kier molecular flexibility index (Phi) is 7.37. The van der Waals surface area contributed by atoms with Crippen LogP contribution in [0, 0.1) is 5.92 Å². The van der Waals surface area contributed by atoms with Crippen molar-refractivity contribution in [1.82, 2.24) is 10.6 Å². The molecule has 8 heteroatoms. The Morgan fingerprint density at radius 1 is 1.12 bits per heavy atom. The Morgan fingerprint density at radius 2 is 1.80 bits per heavy atom. The highest BCUT2D eigenvalue weighted by molar-refractivity contribution is 6.35. The van der Waals surface area contributed by atoms with E-state index in [0.29, 0.717) is 40.2 Å². The number of fused-ring (bicyclic) bond motifs is 2. The highest BCUT2D eigenvalue weighted by Crippen LogP contribution is 2.32. The van der Waals surface area contributed by atoms with Gasteiger partial charge in [0.2, 0.25) is 11.8 Å². The van der Waals surface area contributed by atoms with Gasteiger partial charge in [0.15, 0.2) is 0 Å². The van der Waals surface area contributed by atoms with Crippen LogP contribution in [0.5, 0.6) is 0 Å². The summed E-state index contributed by atoms with van der Waals surface area (Å²) in [5, 5.41) is 9.79. The maximum absolute atomic E-state index is 12.1. The van der Waals surface area contributed by atoms with Crippen LogP contribution in [-0.4, -0.2) is 30.4 Å². The first-order chi connectivity index (χ1) is 11.5. The second-order valence-corrected chi connectivity index (χ2v) is 7.47. The number of halogens is 3. The van der Waals surface area contributed by atoms with Crippen molar-refractivity contribution in [1.29, 1.82) is 0 Å². The van der Waals surface area contributed by atoms with Gasteiger partial charge in [-0.25, -0.2) is 0 Å². The first-order valence-corrected chi connectivity index (χ1v) is 9.03. The Morgan fingerprint density at radius 3 is 2.48 bits per heavy atom. The summed E-state index contributed by atoms with van der Waals surface area (Å²) >= 11 is 11.9. The summed E-state index contributed by atoms with van der Waals surface area (Å²) in [5.41, 5.74) is 0.443. The van der Waals surface area contributed by atoms with Gasteiger partial charge < -0.3 is 16.0 Å². The van der Waals surface area contributed by atoms with Gasteiger partial charge in [0, 0.05) is 23.5 Å². The molecule has 2 aliphatic heterocycles. The fourth-order valence-corrected chi connectivity index (χ4v) is 3.98. The summed E-state index contributed by atoms with van der Waals surface area (Å²) < 4.78 is 0. The third-order valence-electron chi connectivity index (χ3n) is 4.69. The number of carbonyl (C=O) groups excluding carboxylic acids is 2. The fraction of sp³-hybridized carbons (Fsp3) is 0.529. The molecule has 0 aliphatic carbocycles. The van der Waals surface area contributed by atoms with Crippen molar-refractivity contribution in [3.8, 4) is 0 Å². The third-order valence-corrected chi connectivity index (χ3v) is 5.26. The molecule has 0 aromatic heterocycles. The standard InChI is InChI=1S/C17H21Cl2N3O2.ClH/c18-11-1-4-14(19)15(8-11)22-17(24)9-20-16(23)7-10-5-12-2-3-13(6-10)21-12;/h1,4,8,10,12-13,21H,2-3,5-7,9H2,(H,20,23)(H,22,24);1H. The van der Waals surface area contributed by atoms with Gasteiger partial charge in [-0.2, -0.15) is 0 Å². The van der Waals surface area contributed by atoms with Crippen molar-refractivity contribution in [3.63, 3.8) is 0 Å². The van der Waals surface area contributed by atoms with E-state index in [1.807, 2.05) is 0 Å². The predicted octanol–water partition coefficient (Wildman–Crippen LogP) is 3.39. The predicted molar refractivity (Wildman–Crippen MR) is 103 cm³/mol. The van der Waals surface area contributed by atoms with Crippen molar-refractivity contribution < 1.29 is 9.59 Å². The minimum atomic E-state index is -0.321. The Labute approximate surface area is 163 Å². The molecular formula is C17H22Cl3N3O2. The Balaban J connectivity index is 0.00000225. The number of piperidine rings is 1. The van der Waals surface area contributed by atoms with Crippen molar-refractivity contribution in [2.45, 2.75) is 44.2 Å². The van der Waals surface area contributed by atoms with Crippen LogP contribution in [-0.2, 0) is 9.59 Å². The van der Waals surface area contributed by atoms with E-state index in [1.54, 1.807) is 18.2 Å². The molecule has 1 aromatic carbocycles. The van der Waals surface area contributed by atoms with Crippen molar-refractivity contribution in [3.05, 3.63) is 28.2 Å². The molecule has 1 aromatic rings. The van der Waals surface area contributed by atoms with E-state index in [-0.39, 0.29) is 30.8 Å². The second-order valence-electron chi connectivity index (χ2n) is 6.63. The average Bonchev–Trinajstić information content (AvgIpc) is 2.88. The summed E-state index contributed by atoms with van der Waals surface area (Å²) in [5.74, 6) is 0.0146. The van der Waals surface area contributed by atoms with Crippen molar-refractivity contribution in [2.75, 3.05) is 11.9 Å². The number of amides is 2. The third kappa shape index (κ3) is 5.74. The Bertz CT molecular complexity index is 630. The molecule has 2 heterocycles. The SMILES string of the molecule is Cl.O=C(CC1CC2CCC(C1)N2)NCC(=O)Nc1cc(Cl)ccc1Cl. The molecule has 2 amide bonds. The minimum Gasteiger partial charge on any atom is -0.347 e. The van der Waals surface area contributed by atoms with Crippen LogP contribution in [0.4, 0.5) is 5.69 Å². The van der Waals surface area contributed by atoms with Gasteiger partial charge in [-0.15, -0.1) is 12.4 Å². The molecule has 2 fully saturated rings. The summed E-state index contributed by atoms with van der Waals surface area (Å²) in [6.45, 7) is -0.0699. The van der Waals surface area contributed by atoms with Gasteiger partial charge in [0.25, 0.3) is 0 Å². The molecule has 25 heavy (non-hydrogen) atoms. The monoisotopic (exact) mass is 405 g/mol. The molecule has 5 nitrogen and oxygen atoms in total. The molecule has 2 atom stereocenters. The highest BCUT2D eigenvalue weighted by atomic mass is 35.5. The van der Waals surface area contributed by atoms with E-state index in [9.17, 15) is 9.59 Å². The average molecular weight is 407 g/mol. The number of carbonyl (C=O) groups is 2. The van der Waals surface area contributed by atoms with Crippen molar-refractivity contribution in [2.24, 2.45) is 5.92 Å². The van der Waals surface area contributed by atoms with E-state index in [2.05, 4.69) is 16.0 Å². The largest absolute Gasteiger partial charge is 0.347 e. The maximum atomic E-state index is 12.1. The zero-order chi connectivity index (χ0) is 17.1. The minimum absolute atomic E-state index is 0. The van der Waals surface area contributed by atoms with Gasteiger partial charge >= 0.3 is 0 Å². The molecule has 2 aliphatic rings. The van der Waals surface area contributed by atoms with Crippen LogP contribution in [0.15, 0.2) is 18.2 Å². The van der Waals surface area contributed by atoms with Gasteiger partial charge in [-0.1, -0.05) is 23.2 Å². The van der Waals surface area contributed by atoms with Crippen LogP contribution in [0.1, 0.15) is 32.1 Å². The van der Waals surface area contributed by atoms with E-state index in [1.165, 1.54) is 12.8 Å². The zero-order valence-corrected chi connectivity index (χ0v) is 16.0. The van der Waals surface area contributed by atoms with Crippen LogP contribution in [0.25, 0.3) is 0 Å². The second kappa shape index (κ2) is 9.08. The van der Waals surface area contributed by atoms with Crippen molar-refractivity contribution >= 4 is 53.1 Å². The number of anilines is 1. The first kappa shape index (κ1) is 20.3. The van der Waals surface area contributed by atoms with Gasteiger partial charge in [-0.05, 0) is 49.8 Å². The molecule has 3 N–H and O–H groups in total. The molecule has 138 valence electrons. The summed E-state index contributed by atoms with van der Waals surface area (Å²) in [6.07, 6.45) is 5.01. The maximum Gasteiger partial charge on any atom is 0.243 e. The first-order valence-electron chi connectivity index (χ1n) is 8.27. The quantitative estimate of drug-likeness (QED) is 0.702. The molecule has 2 unspecified atom stereocenters. The molecule has 2 bridgehead atoms. The van der Waals surface area contributed by atoms with E-state index in [0.717, 1.165) is 12.8 Å². The topological polar surface area (TPSA) is 70.2 Å². The van der Waals surface area contributed by atoms with Gasteiger partial charge in [-0.3, -0.25) is 9.59 Å². The number of nitrogens with one attached hydrogen (secondary N) is 3. The normalized spacial score (nSPS) is 24.3. The van der Waals surface area contributed by atoms with Gasteiger partial charge in [0.05, 0.1) is 17.3 Å².